The topological polar surface area (TPSA) is 102 Å². The minimum absolute atomic E-state index is 0.0394. The van der Waals surface area contributed by atoms with E-state index >= 15 is 0 Å². The van der Waals surface area contributed by atoms with Crippen molar-refractivity contribution >= 4 is 26.7 Å². The Morgan fingerprint density at radius 1 is 0.892 bits per heavy atom. The Balaban J connectivity index is 1.76. The molecule has 5 rings (SSSR count). The highest BCUT2D eigenvalue weighted by molar-refractivity contribution is 7.90. The summed E-state index contributed by atoms with van der Waals surface area (Å²) in [6.45, 7) is 0. The number of benzene rings is 3. The van der Waals surface area contributed by atoms with Gasteiger partial charge in [0.15, 0.2) is 11.5 Å². The Morgan fingerprint density at radius 3 is 2.19 bits per heavy atom. The number of ether oxygens (including phenoxy) is 3. The molecule has 1 radical (unpaired) electrons. The van der Waals surface area contributed by atoms with Gasteiger partial charge < -0.3 is 18.8 Å². The van der Waals surface area contributed by atoms with E-state index in [4.69, 9.17) is 14.2 Å². The van der Waals surface area contributed by atoms with Gasteiger partial charge in [0.1, 0.15) is 11.9 Å². The minimum Gasteiger partial charge on any atom is -0.493 e. The van der Waals surface area contributed by atoms with Crippen LogP contribution in [0.15, 0.2) is 84.1 Å². The molecule has 2 aromatic heterocycles. The number of fused-ring (bicyclic) bond motifs is 1. The number of methoxy groups -OCH3 is 3. The number of imidazole rings is 1. The van der Waals surface area contributed by atoms with Crippen molar-refractivity contribution in [1.29, 1.82) is 0 Å². The molecule has 0 N–H and O–H groups in total. The fourth-order valence-electron chi connectivity index (χ4n) is 4.18. The van der Waals surface area contributed by atoms with Gasteiger partial charge in [-0.25, -0.2) is 17.4 Å². The summed E-state index contributed by atoms with van der Waals surface area (Å²) >= 11 is 0. The third kappa shape index (κ3) is 4.11. The third-order valence-electron chi connectivity index (χ3n) is 5.93. The van der Waals surface area contributed by atoms with Crippen LogP contribution < -0.4 is 14.2 Å². The second-order valence-corrected chi connectivity index (χ2v) is 9.80. The molecule has 0 spiro atoms. The number of ketones is 1. The number of hydrogen-bond acceptors (Lipinski definition) is 7. The van der Waals surface area contributed by atoms with Crippen LogP contribution in [-0.4, -0.2) is 49.1 Å². The summed E-state index contributed by atoms with van der Waals surface area (Å²) in [5.41, 5.74) is 1.23. The first-order valence-corrected chi connectivity index (χ1v) is 12.5. The molecule has 0 amide bonds. The first kappa shape index (κ1) is 24.1. The molecule has 10 heteroatoms. The zero-order chi connectivity index (χ0) is 26.2. The van der Waals surface area contributed by atoms with E-state index in [-0.39, 0.29) is 27.7 Å². The maximum absolute atomic E-state index is 13.9. The quantitative estimate of drug-likeness (QED) is 0.286. The van der Waals surface area contributed by atoms with Gasteiger partial charge in [-0.05, 0) is 48.5 Å². The summed E-state index contributed by atoms with van der Waals surface area (Å²) < 4.78 is 46.7. The van der Waals surface area contributed by atoms with Crippen molar-refractivity contribution in [3.05, 3.63) is 96.7 Å². The molecule has 0 aliphatic heterocycles. The fourth-order valence-corrected chi connectivity index (χ4v) is 5.71. The zero-order valence-electron chi connectivity index (χ0n) is 20.2. The molecule has 37 heavy (non-hydrogen) atoms. The van der Waals surface area contributed by atoms with Crippen molar-refractivity contribution in [2.24, 2.45) is 0 Å². The number of aromatic nitrogens is 3. The van der Waals surface area contributed by atoms with Crippen LogP contribution in [0.5, 0.6) is 17.2 Å². The summed E-state index contributed by atoms with van der Waals surface area (Å²) in [7, 11) is 0.211. The lowest BCUT2D eigenvalue weighted by Crippen LogP contribution is -2.19. The number of carbonyl (C=O) groups excluding carboxylic acids is 1. The Kier molecular flexibility index (Phi) is 6.18. The highest BCUT2D eigenvalue weighted by Crippen LogP contribution is 2.39. The summed E-state index contributed by atoms with van der Waals surface area (Å²) in [5, 5.41) is 0.557. The van der Waals surface area contributed by atoms with Crippen LogP contribution in [0.1, 0.15) is 16.1 Å². The van der Waals surface area contributed by atoms with Crippen LogP contribution in [0, 0.1) is 6.20 Å². The van der Waals surface area contributed by atoms with E-state index in [0.717, 1.165) is 9.66 Å². The molecule has 3 aromatic carbocycles. The number of nitrogens with zero attached hydrogens (tertiary/aromatic N) is 3. The maximum atomic E-state index is 13.9. The first-order chi connectivity index (χ1) is 17.9. The standard InChI is InChI=1S/C27H22N3O6S/c1-34-24-15-19(16-25(35-2)27(24)36-3)26(31)23-14-18-13-20(29-12-11-28-17-29)9-10-22(18)30(23)37(32,33)21-7-5-4-6-8-21/h4-10,12-17H,1-3H3. The van der Waals surface area contributed by atoms with Crippen LogP contribution in [-0.2, 0) is 10.0 Å². The Morgan fingerprint density at radius 2 is 1.59 bits per heavy atom. The Labute approximate surface area is 213 Å². The molecule has 9 nitrogen and oxygen atoms in total. The van der Waals surface area contributed by atoms with Crippen molar-refractivity contribution < 1.29 is 27.4 Å². The Bertz CT molecular complexity index is 1680. The predicted octanol–water partition coefficient (Wildman–Crippen LogP) is 4.12. The van der Waals surface area contributed by atoms with Crippen molar-refractivity contribution in [1.82, 2.24) is 13.5 Å². The second kappa shape index (κ2) is 9.47. The summed E-state index contributed by atoms with van der Waals surface area (Å²) in [6, 6.07) is 17.7. The monoisotopic (exact) mass is 516 g/mol. The first-order valence-electron chi connectivity index (χ1n) is 11.1. The minimum atomic E-state index is -4.13. The van der Waals surface area contributed by atoms with Crippen molar-refractivity contribution in [2.45, 2.75) is 4.90 Å². The van der Waals surface area contributed by atoms with Crippen molar-refractivity contribution in [2.75, 3.05) is 21.3 Å². The van der Waals surface area contributed by atoms with Gasteiger partial charge in [-0.2, -0.15) is 0 Å². The molecule has 0 aliphatic carbocycles. The van der Waals surface area contributed by atoms with E-state index in [2.05, 4.69) is 11.2 Å². The van der Waals surface area contributed by atoms with Gasteiger partial charge in [-0.15, -0.1) is 0 Å². The van der Waals surface area contributed by atoms with E-state index in [1.807, 2.05) is 0 Å². The van der Waals surface area contributed by atoms with E-state index < -0.39 is 15.8 Å². The van der Waals surface area contributed by atoms with Gasteiger partial charge in [0, 0.05) is 22.8 Å². The molecule has 0 saturated carbocycles. The van der Waals surface area contributed by atoms with E-state index in [9.17, 15) is 13.2 Å². The maximum Gasteiger partial charge on any atom is 0.268 e. The molecule has 2 heterocycles. The van der Waals surface area contributed by atoms with E-state index in [1.165, 1.54) is 45.6 Å². The average molecular weight is 517 g/mol. The molecular formula is C27H22N3O6S. The third-order valence-corrected chi connectivity index (χ3v) is 7.68. The van der Waals surface area contributed by atoms with Gasteiger partial charge >= 0.3 is 0 Å². The smallest absolute Gasteiger partial charge is 0.268 e. The molecule has 0 aliphatic rings. The van der Waals surface area contributed by atoms with Gasteiger partial charge in [-0.3, -0.25) is 4.79 Å². The Hall–Kier alpha value is -4.57. The molecule has 187 valence electrons. The van der Waals surface area contributed by atoms with E-state index in [0.29, 0.717) is 16.7 Å². The molecule has 0 saturated heterocycles. The summed E-state index contributed by atoms with van der Waals surface area (Å²) in [6.07, 6.45) is 5.97. The van der Waals surface area contributed by atoms with Gasteiger partial charge in [0.25, 0.3) is 10.0 Å². The summed E-state index contributed by atoms with van der Waals surface area (Å²) in [5.74, 6) is 0.336. The molecular weight excluding hydrogens is 494 g/mol. The van der Waals surface area contributed by atoms with Gasteiger partial charge in [-0.1, -0.05) is 18.2 Å². The normalized spacial score (nSPS) is 11.4. The van der Waals surface area contributed by atoms with Crippen LogP contribution >= 0.6 is 0 Å². The van der Waals surface area contributed by atoms with Crippen LogP contribution in [0.2, 0.25) is 0 Å². The van der Waals surface area contributed by atoms with Crippen LogP contribution in [0.4, 0.5) is 0 Å². The highest BCUT2D eigenvalue weighted by atomic mass is 32.2. The van der Waals surface area contributed by atoms with Crippen LogP contribution in [0.3, 0.4) is 0 Å². The lowest BCUT2D eigenvalue weighted by Gasteiger charge is -2.15. The molecule has 5 aromatic rings. The average Bonchev–Trinajstić information content (AvgIpc) is 3.60. The lowest BCUT2D eigenvalue weighted by molar-refractivity contribution is 0.103. The molecule has 0 fully saturated rings. The molecule has 0 atom stereocenters. The van der Waals surface area contributed by atoms with Crippen LogP contribution in [0.25, 0.3) is 16.6 Å². The molecule has 0 bridgehead atoms. The SMILES string of the molecule is COc1cc(C(=O)c2cc3cc(-n4c[c]nc4)ccc3n2S(=O)(=O)c2ccccc2)cc(OC)c1OC. The molecule has 0 unspecified atom stereocenters. The number of hydrogen-bond donors (Lipinski definition) is 0. The second-order valence-electron chi connectivity index (χ2n) is 8.01. The van der Waals surface area contributed by atoms with E-state index in [1.54, 1.807) is 59.6 Å². The van der Waals surface area contributed by atoms with Gasteiger partial charge in [0.2, 0.25) is 11.5 Å². The number of carbonyl (C=O) groups is 1. The summed E-state index contributed by atoms with van der Waals surface area (Å²) in [4.78, 5) is 17.9. The fraction of sp³-hybridized carbons (Fsp3) is 0.111. The number of rotatable bonds is 8. The lowest BCUT2D eigenvalue weighted by atomic mass is 10.1. The predicted molar refractivity (Wildman–Crippen MR) is 136 cm³/mol. The van der Waals surface area contributed by atoms with Crippen molar-refractivity contribution in [3.63, 3.8) is 0 Å². The van der Waals surface area contributed by atoms with Gasteiger partial charge in [0.05, 0.1) is 38.1 Å². The largest absolute Gasteiger partial charge is 0.493 e. The zero-order valence-corrected chi connectivity index (χ0v) is 21.0. The van der Waals surface area contributed by atoms with Crippen molar-refractivity contribution in [3.8, 4) is 22.9 Å². The highest BCUT2D eigenvalue weighted by Gasteiger charge is 2.28.